The lowest BCUT2D eigenvalue weighted by Gasteiger charge is -2.41. The second kappa shape index (κ2) is 3.73. The number of fused-ring (bicyclic) bond motifs is 1. The minimum Gasteiger partial charge on any atom is -0.480 e. The Morgan fingerprint density at radius 3 is 2.79 bits per heavy atom. The van der Waals surface area contributed by atoms with E-state index in [1.807, 2.05) is 0 Å². The fraction of sp³-hybridized carbons (Fsp3) is 0.778. The maximum absolute atomic E-state index is 11.0. The summed E-state index contributed by atoms with van der Waals surface area (Å²) in [5.41, 5.74) is 0. The van der Waals surface area contributed by atoms with E-state index < -0.39 is 12.0 Å². The summed E-state index contributed by atoms with van der Waals surface area (Å²) < 4.78 is 0. The van der Waals surface area contributed by atoms with E-state index in [-0.39, 0.29) is 12.0 Å². The van der Waals surface area contributed by atoms with Crippen LogP contribution in [0.3, 0.4) is 0 Å². The van der Waals surface area contributed by atoms with Gasteiger partial charge in [0.25, 0.3) is 0 Å². The van der Waals surface area contributed by atoms with Crippen molar-refractivity contribution in [2.24, 2.45) is 5.92 Å². The number of thiocarbonyl (C=S) groups is 1. The Balaban J connectivity index is 2.14. The number of carbonyl (C=O) groups is 1. The van der Waals surface area contributed by atoms with Gasteiger partial charge in [0.2, 0.25) is 0 Å². The zero-order chi connectivity index (χ0) is 10.1. The average Bonchev–Trinajstić information content (AvgIpc) is 2.16. The number of hydrogen-bond donors (Lipinski definition) is 3. The molecule has 14 heavy (non-hydrogen) atoms. The first kappa shape index (κ1) is 9.71. The number of aliphatic carboxylic acids is 1. The quantitative estimate of drug-likeness (QED) is 0.554. The Morgan fingerprint density at radius 2 is 2.07 bits per heavy atom. The van der Waals surface area contributed by atoms with Gasteiger partial charge in [-0.1, -0.05) is 12.8 Å². The molecule has 0 aromatic carbocycles. The predicted octanol–water partition coefficient (Wildman–Crippen LogP) is 0.476. The number of carboxylic acids is 1. The van der Waals surface area contributed by atoms with Crippen molar-refractivity contribution in [3.63, 3.8) is 0 Å². The Bertz CT molecular complexity index is 268. The number of nitrogens with one attached hydrogen (secondary N) is 2. The minimum atomic E-state index is -0.786. The summed E-state index contributed by atoms with van der Waals surface area (Å²) in [6, 6.07) is -0.229. The highest BCUT2D eigenvalue weighted by molar-refractivity contribution is 7.80. The molecule has 3 N–H and O–H groups in total. The SMILES string of the molecule is O=C(O)C1NC(=S)NC2CCCCC21. The lowest BCUT2D eigenvalue weighted by atomic mass is 9.78. The summed E-state index contributed by atoms with van der Waals surface area (Å²) in [6.45, 7) is 0. The average molecular weight is 214 g/mol. The standard InChI is InChI=1S/C9H14N2O2S/c12-8(13)7-5-3-1-2-4-6(5)10-9(14)11-7/h5-7H,1-4H2,(H,12,13)(H2,10,11,14). The smallest absolute Gasteiger partial charge is 0.326 e. The molecule has 1 aliphatic carbocycles. The zero-order valence-electron chi connectivity index (χ0n) is 7.82. The predicted molar refractivity (Wildman–Crippen MR) is 56.0 cm³/mol. The number of carboxylic acid groups (broad SMARTS) is 1. The van der Waals surface area contributed by atoms with Gasteiger partial charge in [-0.3, -0.25) is 0 Å². The summed E-state index contributed by atoms with van der Waals surface area (Å²) in [7, 11) is 0. The molecule has 3 atom stereocenters. The van der Waals surface area contributed by atoms with Crippen molar-refractivity contribution in [2.45, 2.75) is 37.8 Å². The van der Waals surface area contributed by atoms with Crippen molar-refractivity contribution >= 4 is 23.3 Å². The van der Waals surface area contributed by atoms with Crippen LogP contribution in [0.2, 0.25) is 0 Å². The Morgan fingerprint density at radius 1 is 1.36 bits per heavy atom. The highest BCUT2D eigenvalue weighted by Crippen LogP contribution is 2.29. The molecule has 1 saturated carbocycles. The Hall–Kier alpha value is -0.840. The van der Waals surface area contributed by atoms with Crippen molar-refractivity contribution in [3.05, 3.63) is 0 Å². The zero-order valence-corrected chi connectivity index (χ0v) is 8.64. The van der Waals surface area contributed by atoms with Crippen LogP contribution in [0.4, 0.5) is 0 Å². The van der Waals surface area contributed by atoms with Crippen LogP contribution >= 0.6 is 12.2 Å². The third-order valence-electron chi connectivity index (χ3n) is 3.12. The van der Waals surface area contributed by atoms with Crippen molar-refractivity contribution < 1.29 is 9.90 Å². The normalized spacial score (nSPS) is 36.6. The molecule has 0 aromatic rings. The van der Waals surface area contributed by atoms with Crippen molar-refractivity contribution in [1.29, 1.82) is 0 Å². The van der Waals surface area contributed by atoms with E-state index in [0.29, 0.717) is 5.11 Å². The highest BCUT2D eigenvalue weighted by Gasteiger charge is 2.40. The van der Waals surface area contributed by atoms with Crippen molar-refractivity contribution in [2.75, 3.05) is 0 Å². The van der Waals surface area contributed by atoms with Gasteiger partial charge in [-0.15, -0.1) is 0 Å². The molecule has 78 valence electrons. The molecule has 0 bridgehead atoms. The van der Waals surface area contributed by atoms with Gasteiger partial charge in [0.15, 0.2) is 5.11 Å². The van der Waals surface area contributed by atoms with Gasteiger partial charge < -0.3 is 15.7 Å². The molecule has 1 heterocycles. The lowest BCUT2D eigenvalue weighted by Crippen LogP contribution is -2.63. The Kier molecular flexibility index (Phi) is 2.58. The summed E-state index contributed by atoms with van der Waals surface area (Å²) in [4.78, 5) is 11.0. The van der Waals surface area contributed by atoms with Crippen LogP contribution < -0.4 is 10.6 Å². The van der Waals surface area contributed by atoms with E-state index in [4.69, 9.17) is 17.3 Å². The van der Waals surface area contributed by atoms with Crippen LogP contribution in [-0.4, -0.2) is 28.3 Å². The van der Waals surface area contributed by atoms with Crippen LogP contribution in [0.5, 0.6) is 0 Å². The molecule has 5 heteroatoms. The van der Waals surface area contributed by atoms with Gasteiger partial charge in [-0.2, -0.15) is 0 Å². The molecular weight excluding hydrogens is 200 g/mol. The summed E-state index contributed by atoms with van der Waals surface area (Å²) in [5.74, 6) is -0.598. The van der Waals surface area contributed by atoms with Gasteiger partial charge in [0.1, 0.15) is 6.04 Å². The molecule has 2 fully saturated rings. The van der Waals surface area contributed by atoms with Crippen molar-refractivity contribution in [1.82, 2.24) is 10.6 Å². The van der Waals surface area contributed by atoms with Crippen LogP contribution in [0.1, 0.15) is 25.7 Å². The molecule has 1 aliphatic heterocycles. The first-order valence-electron chi connectivity index (χ1n) is 4.98. The maximum atomic E-state index is 11.0. The van der Waals surface area contributed by atoms with Gasteiger partial charge in [0, 0.05) is 12.0 Å². The fourth-order valence-corrected chi connectivity index (χ4v) is 2.72. The first-order valence-corrected chi connectivity index (χ1v) is 5.39. The molecule has 0 amide bonds. The molecule has 4 nitrogen and oxygen atoms in total. The second-order valence-electron chi connectivity index (χ2n) is 3.99. The topological polar surface area (TPSA) is 61.4 Å². The molecule has 0 spiro atoms. The molecular formula is C9H14N2O2S. The largest absolute Gasteiger partial charge is 0.480 e. The van der Waals surface area contributed by atoms with Gasteiger partial charge in [-0.25, -0.2) is 4.79 Å². The minimum absolute atomic E-state index is 0.188. The lowest BCUT2D eigenvalue weighted by molar-refractivity contribution is -0.141. The van der Waals surface area contributed by atoms with Crippen molar-refractivity contribution in [3.8, 4) is 0 Å². The summed E-state index contributed by atoms with van der Waals surface area (Å²) >= 11 is 4.98. The summed E-state index contributed by atoms with van der Waals surface area (Å²) in [6.07, 6.45) is 4.31. The molecule has 0 radical (unpaired) electrons. The monoisotopic (exact) mass is 214 g/mol. The fourth-order valence-electron chi connectivity index (χ4n) is 2.44. The summed E-state index contributed by atoms with van der Waals surface area (Å²) in [5, 5.41) is 15.5. The van der Waals surface area contributed by atoms with Gasteiger partial charge >= 0.3 is 5.97 Å². The van der Waals surface area contributed by atoms with Crippen LogP contribution in [-0.2, 0) is 4.79 Å². The second-order valence-corrected chi connectivity index (χ2v) is 4.40. The maximum Gasteiger partial charge on any atom is 0.326 e. The number of hydrogen-bond acceptors (Lipinski definition) is 2. The highest BCUT2D eigenvalue weighted by atomic mass is 32.1. The van der Waals surface area contributed by atoms with E-state index in [1.54, 1.807) is 0 Å². The van der Waals surface area contributed by atoms with E-state index in [2.05, 4.69) is 10.6 Å². The van der Waals surface area contributed by atoms with E-state index in [0.717, 1.165) is 19.3 Å². The van der Waals surface area contributed by atoms with Gasteiger partial charge in [0.05, 0.1) is 0 Å². The molecule has 3 unspecified atom stereocenters. The van der Waals surface area contributed by atoms with Gasteiger partial charge in [-0.05, 0) is 25.1 Å². The van der Waals surface area contributed by atoms with Crippen LogP contribution in [0.15, 0.2) is 0 Å². The molecule has 2 rings (SSSR count). The third-order valence-corrected chi connectivity index (χ3v) is 3.35. The van der Waals surface area contributed by atoms with E-state index in [9.17, 15) is 4.79 Å². The molecule has 0 aromatic heterocycles. The molecule has 1 saturated heterocycles. The van der Waals surface area contributed by atoms with E-state index >= 15 is 0 Å². The third kappa shape index (κ3) is 1.68. The molecule has 2 aliphatic rings. The number of rotatable bonds is 1. The van der Waals surface area contributed by atoms with Crippen LogP contribution in [0, 0.1) is 5.92 Å². The van der Waals surface area contributed by atoms with E-state index in [1.165, 1.54) is 6.42 Å². The van der Waals surface area contributed by atoms with Crippen LogP contribution in [0.25, 0.3) is 0 Å². The first-order chi connectivity index (χ1) is 6.68. The Labute approximate surface area is 88.1 Å².